The number of amides is 1. The number of hydrogen-bond donors (Lipinski definition) is 2. The molecule has 0 unspecified atom stereocenters. The number of nitrogen functional groups attached to an aromatic ring is 1. The predicted octanol–water partition coefficient (Wildman–Crippen LogP) is 2.51. The fraction of sp³-hybridized carbons (Fsp3) is 0.0741. The molecule has 0 saturated heterocycles. The summed E-state index contributed by atoms with van der Waals surface area (Å²) in [4.78, 5) is 38.5. The molecular weight excluding hydrogens is 456 g/mol. The molecule has 9 nitrogen and oxygen atoms in total. The van der Waals surface area contributed by atoms with Crippen molar-refractivity contribution in [3.63, 3.8) is 0 Å². The van der Waals surface area contributed by atoms with Crippen LogP contribution in [0.2, 0.25) is 0 Å². The Morgan fingerprint density at radius 3 is 2.58 bits per heavy atom. The molecule has 0 fully saturated rings. The average Bonchev–Trinajstić information content (AvgIpc) is 3.24. The Balaban J connectivity index is 0.000000197. The molecule has 5 aromatic rings. The number of para-hydroxylation sites is 1. The van der Waals surface area contributed by atoms with E-state index in [2.05, 4.69) is 21.9 Å². The number of nitrogens with two attached hydrogens (primary N) is 2. The molecule has 0 aliphatic heterocycles. The number of carbonyl (C=O) groups excluding carboxylic acids is 2. The van der Waals surface area contributed by atoms with Crippen LogP contribution in [0.5, 0.6) is 0 Å². The van der Waals surface area contributed by atoms with Crippen molar-refractivity contribution in [2.24, 2.45) is 5.73 Å². The van der Waals surface area contributed by atoms with E-state index in [4.69, 9.17) is 11.5 Å². The second-order valence-corrected chi connectivity index (χ2v) is 7.63. The third-order valence-electron chi connectivity index (χ3n) is 5.43. The van der Waals surface area contributed by atoms with Gasteiger partial charge in [0.2, 0.25) is 0 Å². The highest BCUT2D eigenvalue weighted by Gasteiger charge is 2.15. The van der Waals surface area contributed by atoms with Crippen molar-refractivity contribution >= 4 is 34.4 Å². The SMILES string of the molecule is CCc1cc2cccc(C#CC=O)c2c(=O)n1-c1ccccc1.NC(=O)c1c(N)nn2cccnc12. The summed E-state index contributed by atoms with van der Waals surface area (Å²) in [7, 11) is 0. The highest BCUT2D eigenvalue weighted by Crippen LogP contribution is 2.19. The fourth-order valence-corrected chi connectivity index (χ4v) is 3.89. The fourth-order valence-electron chi connectivity index (χ4n) is 3.89. The number of hydrogen-bond acceptors (Lipinski definition) is 6. The first kappa shape index (κ1) is 23.9. The van der Waals surface area contributed by atoms with Crippen LogP contribution in [0.3, 0.4) is 0 Å². The Hall–Kier alpha value is -5.23. The number of aromatic nitrogens is 4. The van der Waals surface area contributed by atoms with Crippen molar-refractivity contribution in [3.8, 4) is 17.5 Å². The van der Waals surface area contributed by atoms with Crippen LogP contribution in [-0.4, -0.2) is 31.4 Å². The first-order valence-corrected chi connectivity index (χ1v) is 11.0. The van der Waals surface area contributed by atoms with Crippen molar-refractivity contribution in [2.45, 2.75) is 13.3 Å². The zero-order chi connectivity index (χ0) is 25.7. The van der Waals surface area contributed by atoms with Crippen LogP contribution in [0.4, 0.5) is 5.82 Å². The van der Waals surface area contributed by atoms with Crippen molar-refractivity contribution < 1.29 is 9.59 Å². The van der Waals surface area contributed by atoms with Crippen molar-refractivity contribution in [3.05, 3.63) is 100 Å². The van der Waals surface area contributed by atoms with Gasteiger partial charge in [-0.3, -0.25) is 19.0 Å². The number of benzene rings is 2. The maximum atomic E-state index is 13.1. The minimum absolute atomic E-state index is 0.103. The lowest BCUT2D eigenvalue weighted by atomic mass is 10.0. The molecule has 3 heterocycles. The first-order valence-electron chi connectivity index (χ1n) is 11.0. The van der Waals surface area contributed by atoms with Crippen LogP contribution in [-0.2, 0) is 11.2 Å². The van der Waals surface area contributed by atoms with Crippen LogP contribution in [0.15, 0.2) is 77.9 Å². The summed E-state index contributed by atoms with van der Waals surface area (Å²) in [5.74, 6) is 4.64. The smallest absolute Gasteiger partial charge is 0.264 e. The summed E-state index contributed by atoms with van der Waals surface area (Å²) in [6.07, 6.45) is 4.47. The maximum absolute atomic E-state index is 13.1. The van der Waals surface area contributed by atoms with Gasteiger partial charge in [-0.25, -0.2) is 9.50 Å². The van der Waals surface area contributed by atoms with Crippen LogP contribution >= 0.6 is 0 Å². The quantitative estimate of drug-likeness (QED) is 0.302. The number of carbonyl (C=O) groups is 2. The van der Waals surface area contributed by atoms with Crippen LogP contribution in [0.25, 0.3) is 22.1 Å². The summed E-state index contributed by atoms with van der Waals surface area (Å²) < 4.78 is 3.13. The summed E-state index contributed by atoms with van der Waals surface area (Å²) >= 11 is 0. The number of primary amides is 1. The Bertz CT molecular complexity index is 1710. The van der Waals surface area contributed by atoms with E-state index in [0.717, 1.165) is 23.2 Å². The van der Waals surface area contributed by atoms with E-state index in [1.165, 1.54) is 4.52 Å². The molecule has 0 radical (unpaired) electrons. The number of nitrogens with zero attached hydrogens (tertiary/aromatic N) is 4. The molecule has 1 amide bonds. The molecule has 9 heteroatoms. The third-order valence-corrected chi connectivity index (χ3v) is 5.43. The normalized spacial score (nSPS) is 10.2. The molecule has 0 aliphatic rings. The zero-order valence-corrected chi connectivity index (χ0v) is 19.4. The number of aldehydes is 1. The van der Waals surface area contributed by atoms with Gasteiger partial charge in [0.25, 0.3) is 11.5 Å². The summed E-state index contributed by atoms with van der Waals surface area (Å²) in [5.41, 5.74) is 13.4. The number of rotatable bonds is 3. The van der Waals surface area contributed by atoms with Gasteiger partial charge < -0.3 is 11.5 Å². The molecule has 0 aliphatic carbocycles. The zero-order valence-electron chi connectivity index (χ0n) is 19.4. The number of fused-ring (bicyclic) bond motifs is 2. The van der Waals surface area contributed by atoms with Gasteiger partial charge in [-0.2, -0.15) is 0 Å². The molecule has 4 N–H and O–H groups in total. The van der Waals surface area contributed by atoms with Gasteiger partial charge in [0, 0.05) is 29.3 Å². The number of aryl methyl sites for hydroxylation is 1. The van der Waals surface area contributed by atoms with E-state index >= 15 is 0 Å². The third kappa shape index (κ3) is 4.56. The van der Waals surface area contributed by atoms with Gasteiger partial charge in [-0.15, -0.1) is 5.10 Å². The molecule has 2 aromatic carbocycles. The minimum atomic E-state index is -0.619. The van der Waals surface area contributed by atoms with E-state index in [-0.39, 0.29) is 16.9 Å². The maximum Gasteiger partial charge on any atom is 0.264 e. The van der Waals surface area contributed by atoms with Gasteiger partial charge in [0.05, 0.1) is 5.39 Å². The lowest BCUT2D eigenvalue weighted by Gasteiger charge is -2.14. The second-order valence-electron chi connectivity index (χ2n) is 7.63. The van der Waals surface area contributed by atoms with E-state index in [1.807, 2.05) is 55.5 Å². The van der Waals surface area contributed by atoms with Crippen molar-refractivity contribution in [1.82, 2.24) is 19.2 Å². The molecule has 0 bridgehead atoms. The van der Waals surface area contributed by atoms with Gasteiger partial charge in [-0.1, -0.05) is 43.2 Å². The van der Waals surface area contributed by atoms with Gasteiger partial charge in [0.15, 0.2) is 17.8 Å². The Kier molecular flexibility index (Phi) is 6.88. The average molecular weight is 479 g/mol. The standard InChI is InChI=1S/C20H15NO2.C7H7N5O/c1-2-17-14-16-9-6-8-15(10-7-13-22)19(16)20(23)21(17)18-11-4-3-5-12-18;8-5-4(6(9)13)7-10-2-1-3-12(7)11-5/h3-6,8-9,11-14H,2H2,1H3;1-3H,(H2,8,11)(H2,9,13). The van der Waals surface area contributed by atoms with Crippen molar-refractivity contribution in [1.29, 1.82) is 0 Å². The predicted molar refractivity (Wildman–Crippen MR) is 138 cm³/mol. The van der Waals surface area contributed by atoms with Crippen LogP contribution in [0.1, 0.15) is 28.5 Å². The second kappa shape index (κ2) is 10.4. The van der Waals surface area contributed by atoms with Crippen LogP contribution in [0, 0.1) is 11.8 Å². The molecular formula is C27H22N6O3. The molecule has 36 heavy (non-hydrogen) atoms. The summed E-state index contributed by atoms with van der Waals surface area (Å²) in [6.45, 7) is 2.02. The van der Waals surface area contributed by atoms with E-state index in [0.29, 0.717) is 22.9 Å². The molecule has 5 rings (SSSR count). The lowest BCUT2D eigenvalue weighted by Crippen LogP contribution is -2.22. The summed E-state index contributed by atoms with van der Waals surface area (Å²) in [6, 6.07) is 18.8. The highest BCUT2D eigenvalue weighted by atomic mass is 16.1. The lowest BCUT2D eigenvalue weighted by molar-refractivity contribution is -0.103. The molecule has 178 valence electrons. The monoisotopic (exact) mass is 478 g/mol. The van der Waals surface area contributed by atoms with E-state index in [9.17, 15) is 14.4 Å². The van der Waals surface area contributed by atoms with E-state index < -0.39 is 5.91 Å². The van der Waals surface area contributed by atoms with Gasteiger partial charge >= 0.3 is 0 Å². The van der Waals surface area contributed by atoms with Gasteiger partial charge in [0.1, 0.15) is 5.56 Å². The molecule has 0 atom stereocenters. The Labute approximate surface area is 206 Å². The summed E-state index contributed by atoms with van der Waals surface area (Å²) in [5, 5.41) is 5.25. The first-order chi connectivity index (χ1) is 17.5. The topological polar surface area (TPSA) is 138 Å². The van der Waals surface area contributed by atoms with Crippen LogP contribution < -0.4 is 17.0 Å². The molecule has 3 aromatic heterocycles. The highest BCUT2D eigenvalue weighted by molar-refractivity contribution is 6.03. The molecule has 0 saturated carbocycles. The van der Waals surface area contributed by atoms with Gasteiger partial charge in [-0.05, 0) is 48.1 Å². The number of anilines is 1. The Morgan fingerprint density at radius 1 is 1.11 bits per heavy atom. The van der Waals surface area contributed by atoms with E-state index in [1.54, 1.807) is 29.1 Å². The van der Waals surface area contributed by atoms with Crippen molar-refractivity contribution in [2.75, 3.05) is 5.73 Å². The minimum Gasteiger partial charge on any atom is -0.381 e. The Morgan fingerprint density at radius 2 is 1.89 bits per heavy atom. The largest absolute Gasteiger partial charge is 0.381 e. The molecule has 0 spiro atoms. The number of pyridine rings is 1.